The first kappa shape index (κ1) is 18.1. The Kier molecular flexibility index (Phi) is 4.48. The summed E-state index contributed by atoms with van der Waals surface area (Å²) in [6.45, 7) is 2.94. The molecule has 3 nitrogen and oxygen atoms in total. The maximum absolute atomic E-state index is 13.2. The van der Waals surface area contributed by atoms with Crippen LogP contribution in [0, 0.1) is 6.92 Å². The number of hydrogen-bond acceptors (Lipinski definition) is 1. The number of carbonyl (C=O) groups is 1. The van der Waals surface area contributed by atoms with Gasteiger partial charge < -0.3 is 4.57 Å². The average molecular weight is 402 g/mol. The van der Waals surface area contributed by atoms with Gasteiger partial charge in [-0.05, 0) is 35.7 Å². The zero-order chi connectivity index (χ0) is 20.0. The lowest BCUT2D eigenvalue weighted by Gasteiger charge is -2.21. The quantitative estimate of drug-likeness (QED) is 0.427. The molecule has 144 valence electrons. The van der Waals surface area contributed by atoms with Crippen molar-refractivity contribution in [3.63, 3.8) is 0 Å². The van der Waals surface area contributed by atoms with Gasteiger partial charge in [-0.3, -0.25) is 4.79 Å². The van der Waals surface area contributed by atoms with Crippen LogP contribution in [0.25, 0.3) is 10.9 Å². The van der Waals surface area contributed by atoms with Crippen LogP contribution in [0.15, 0.2) is 73.1 Å². The molecule has 1 aliphatic rings. The third-order valence-corrected chi connectivity index (χ3v) is 6.27. The number of ketones is 1. The largest absolute Gasteiger partial charge is 0.343 e. The number of aromatic nitrogens is 2. The van der Waals surface area contributed by atoms with Crippen LogP contribution in [0.3, 0.4) is 0 Å². The minimum atomic E-state index is -0.178. The Bertz CT molecular complexity index is 1230. The van der Waals surface area contributed by atoms with Crippen molar-refractivity contribution in [2.75, 3.05) is 0 Å². The van der Waals surface area contributed by atoms with E-state index in [0.717, 1.165) is 36.2 Å². The second kappa shape index (κ2) is 7.16. The maximum Gasteiger partial charge on any atom is 0.230 e. The standard InChI is InChI=1S/C25H22ClN2O/c1-17-21-11-13-27(16-18-5-3-2-4-6-18)23(21)12-14-28(17)24-10-8-19-7-9-20(26)15-22(19)25(24)29/h2-7,9,11-15,24H,8,10,16H2,1H3/q+1. The van der Waals surface area contributed by atoms with Gasteiger partial charge in [0.15, 0.2) is 11.9 Å². The first-order valence-electron chi connectivity index (χ1n) is 9.98. The summed E-state index contributed by atoms with van der Waals surface area (Å²) in [6.07, 6.45) is 5.90. The molecule has 4 aromatic rings. The van der Waals surface area contributed by atoms with Crippen LogP contribution in [0.4, 0.5) is 0 Å². The van der Waals surface area contributed by atoms with E-state index in [2.05, 4.69) is 64.8 Å². The lowest BCUT2D eigenvalue weighted by molar-refractivity contribution is -0.713. The molecule has 5 rings (SSSR count). The van der Waals surface area contributed by atoms with Crippen molar-refractivity contribution in [2.45, 2.75) is 32.4 Å². The molecule has 0 saturated carbocycles. The summed E-state index contributed by atoms with van der Waals surface area (Å²) < 4.78 is 4.40. The first-order chi connectivity index (χ1) is 14.1. The van der Waals surface area contributed by atoms with Gasteiger partial charge >= 0.3 is 0 Å². The summed E-state index contributed by atoms with van der Waals surface area (Å²) in [6, 6.07) is 20.2. The lowest BCUT2D eigenvalue weighted by atomic mass is 9.86. The van der Waals surface area contributed by atoms with Crippen molar-refractivity contribution in [3.8, 4) is 0 Å². The number of rotatable bonds is 3. The van der Waals surface area contributed by atoms with E-state index in [1.54, 1.807) is 0 Å². The number of benzene rings is 2. The fourth-order valence-corrected chi connectivity index (χ4v) is 4.67. The van der Waals surface area contributed by atoms with Crippen LogP contribution in [-0.4, -0.2) is 10.4 Å². The number of nitrogens with zero attached hydrogens (tertiary/aromatic N) is 2. The molecule has 1 aliphatic carbocycles. The Hall–Kier alpha value is -2.91. The second-order valence-electron chi connectivity index (χ2n) is 7.76. The fourth-order valence-electron chi connectivity index (χ4n) is 4.50. The van der Waals surface area contributed by atoms with Gasteiger partial charge in [-0.15, -0.1) is 0 Å². The minimum Gasteiger partial charge on any atom is -0.343 e. The van der Waals surface area contributed by atoms with Gasteiger partial charge in [0.05, 0.1) is 10.9 Å². The number of Topliss-reactive ketones (excluding diaryl/α,β-unsaturated/α-hetero) is 1. The molecule has 0 N–H and O–H groups in total. The number of hydrogen-bond donors (Lipinski definition) is 0. The van der Waals surface area contributed by atoms with Crippen LogP contribution in [-0.2, 0) is 13.0 Å². The van der Waals surface area contributed by atoms with E-state index in [9.17, 15) is 4.79 Å². The van der Waals surface area contributed by atoms with Crippen molar-refractivity contribution >= 4 is 28.3 Å². The van der Waals surface area contributed by atoms with E-state index >= 15 is 0 Å². The molecule has 4 heteroatoms. The van der Waals surface area contributed by atoms with E-state index in [-0.39, 0.29) is 11.8 Å². The normalized spacial score (nSPS) is 16.2. The zero-order valence-corrected chi connectivity index (χ0v) is 17.1. The Morgan fingerprint density at radius 2 is 1.93 bits per heavy atom. The van der Waals surface area contributed by atoms with Crippen LogP contribution >= 0.6 is 11.6 Å². The van der Waals surface area contributed by atoms with E-state index in [1.165, 1.54) is 16.5 Å². The SMILES string of the molecule is Cc1c2ccn(Cc3ccccc3)c2cc[n+]1C1CCc2ccc(Cl)cc2C1=O. The molecule has 0 radical (unpaired) electrons. The van der Waals surface area contributed by atoms with Crippen molar-refractivity contribution in [2.24, 2.45) is 0 Å². The number of fused-ring (bicyclic) bond motifs is 2. The number of pyridine rings is 1. The molecule has 0 spiro atoms. The topological polar surface area (TPSA) is 25.9 Å². The summed E-state index contributed by atoms with van der Waals surface area (Å²) in [5.74, 6) is 0.157. The van der Waals surface area contributed by atoms with Crippen molar-refractivity contribution in [3.05, 3.63) is 100 Å². The average Bonchev–Trinajstić information content (AvgIpc) is 3.14. The number of halogens is 1. The molecule has 0 amide bonds. The number of aryl methyl sites for hydroxylation is 2. The molecule has 2 aromatic heterocycles. The van der Waals surface area contributed by atoms with Gasteiger partial charge in [0.25, 0.3) is 0 Å². The highest BCUT2D eigenvalue weighted by molar-refractivity contribution is 6.31. The summed E-state index contributed by atoms with van der Waals surface area (Å²) in [5.41, 5.74) is 5.45. The zero-order valence-electron chi connectivity index (χ0n) is 16.3. The molecule has 1 unspecified atom stereocenters. The smallest absolute Gasteiger partial charge is 0.230 e. The van der Waals surface area contributed by atoms with E-state index in [0.29, 0.717) is 5.02 Å². The third-order valence-electron chi connectivity index (χ3n) is 6.04. The highest BCUT2D eigenvalue weighted by atomic mass is 35.5. The highest BCUT2D eigenvalue weighted by Crippen LogP contribution is 2.29. The monoisotopic (exact) mass is 401 g/mol. The van der Waals surface area contributed by atoms with Gasteiger partial charge in [0.1, 0.15) is 0 Å². The Labute approximate surface area is 175 Å². The molecule has 0 fully saturated rings. The first-order valence-corrected chi connectivity index (χ1v) is 10.4. The Balaban J connectivity index is 1.52. The summed E-state index contributed by atoms with van der Waals surface area (Å²) in [7, 11) is 0. The van der Waals surface area contributed by atoms with E-state index < -0.39 is 0 Å². The molecule has 2 aromatic carbocycles. The molecule has 0 bridgehead atoms. The summed E-state index contributed by atoms with van der Waals surface area (Å²) in [5, 5.41) is 1.81. The van der Waals surface area contributed by atoms with Gasteiger partial charge in [0, 0.05) is 42.7 Å². The van der Waals surface area contributed by atoms with E-state index in [1.807, 2.05) is 24.3 Å². The third kappa shape index (κ3) is 3.16. The lowest BCUT2D eigenvalue weighted by Crippen LogP contribution is -2.48. The van der Waals surface area contributed by atoms with Crippen molar-refractivity contribution in [1.29, 1.82) is 0 Å². The maximum atomic E-state index is 13.2. The fraction of sp³-hybridized carbons (Fsp3) is 0.200. The Morgan fingerprint density at radius 3 is 2.76 bits per heavy atom. The predicted octanol–water partition coefficient (Wildman–Crippen LogP) is 5.31. The summed E-state index contributed by atoms with van der Waals surface area (Å²) >= 11 is 6.15. The molecule has 2 heterocycles. The molecule has 0 aliphatic heterocycles. The molecule has 0 saturated heterocycles. The van der Waals surface area contributed by atoms with Crippen LogP contribution in [0.2, 0.25) is 5.02 Å². The minimum absolute atomic E-state index is 0.157. The summed E-state index contributed by atoms with van der Waals surface area (Å²) in [4.78, 5) is 13.2. The van der Waals surface area contributed by atoms with Gasteiger partial charge in [-0.1, -0.05) is 48.0 Å². The van der Waals surface area contributed by atoms with Crippen LogP contribution in [0.1, 0.15) is 39.6 Å². The predicted molar refractivity (Wildman–Crippen MR) is 116 cm³/mol. The molecule has 29 heavy (non-hydrogen) atoms. The second-order valence-corrected chi connectivity index (χ2v) is 8.19. The van der Waals surface area contributed by atoms with E-state index in [4.69, 9.17) is 11.6 Å². The molecular weight excluding hydrogens is 380 g/mol. The van der Waals surface area contributed by atoms with Crippen LogP contribution < -0.4 is 4.57 Å². The van der Waals surface area contributed by atoms with Crippen molar-refractivity contribution in [1.82, 2.24) is 4.57 Å². The molecule has 1 atom stereocenters. The van der Waals surface area contributed by atoms with Crippen LogP contribution in [0.5, 0.6) is 0 Å². The Morgan fingerprint density at radius 1 is 1.10 bits per heavy atom. The van der Waals surface area contributed by atoms with Gasteiger partial charge in [-0.2, -0.15) is 4.57 Å². The van der Waals surface area contributed by atoms with Gasteiger partial charge in [0.2, 0.25) is 11.8 Å². The highest BCUT2D eigenvalue weighted by Gasteiger charge is 2.35. The molecular formula is C25H22ClN2O+. The van der Waals surface area contributed by atoms with Crippen molar-refractivity contribution < 1.29 is 9.36 Å². The van der Waals surface area contributed by atoms with Gasteiger partial charge in [-0.25, -0.2) is 0 Å². The number of carbonyl (C=O) groups excluding carboxylic acids is 1.